The monoisotopic (exact) mass is 275 g/mol. The van der Waals surface area contributed by atoms with Crippen molar-refractivity contribution in [1.29, 1.82) is 5.26 Å². The molecule has 5 nitrogen and oxygen atoms in total. The lowest BCUT2D eigenvalue weighted by atomic mass is 10.2. The van der Waals surface area contributed by atoms with Gasteiger partial charge in [0.05, 0.1) is 11.7 Å². The second kappa shape index (κ2) is 4.94. The first kappa shape index (κ1) is 13.4. The minimum absolute atomic E-state index is 0.511. The Morgan fingerprint density at radius 1 is 1.47 bits per heavy atom. The zero-order valence-electron chi connectivity index (χ0n) is 10.9. The molecule has 1 heterocycles. The third kappa shape index (κ3) is 3.06. The quantitative estimate of drug-likeness (QED) is 0.589. The van der Waals surface area contributed by atoms with Crippen molar-refractivity contribution in [2.45, 2.75) is 31.3 Å². The molecule has 0 aliphatic carbocycles. The van der Waals surface area contributed by atoms with Gasteiger partial charge in [0.15, 0.2) is 0 Å². The van der Waals surface area contributed by atoms with E-state index in [2.05, 4.69) is 5.10 Å². The van der Waals surface area contributed by atoms with Crippen LogP contribution < -0.4 is 0 Å². The van der Waals surface area contributed by atoms with Gasteiger partial charge in [-0.15, -0.1) is 0 Å². The van der Waals surface area contributed by atoms with Gasteiger partial charge in [-0.1, -0.05) is 0 Å². The van der Waals surface area contributed by atoms with Crippen molar-refractivity contribution in [1.82, 2.24) is 9.78 Å². The van der Waals surface area contributed by atoms with Crippen LogP contribution in [0.25, 0.3) is 10.9 Å². The van der Waals surface area contributed by atoms with E-state index in [9.17, 15) is 4.79 Å². The Morgan fingerprint density at radius 3 is 2.84 bits per heavy atom. The molecule has 0 unspecified atom stereocenters. The highest BCUT2D eigenvalue weighted by Gasteiger charge is 2.19. The molecule has 0 atom stereocenters. The summed E-state index contributed by atoms with van der Waals surface area (Å²) >= 11 is 1.07. The minimum Gasteiger partial charge on any atom is -0.442 e. The van der Waals surface area contributed by atoms with E-state index in [4.69, 9.17) is 10.00 Å². The number of ether oxygens (including phenoxy) is 1. The Balaban J connectivity index is 2.36. The predicted molar refractivity (Wildman–Crippen MR) is 72.8 cm³/mol. The molecule has 0 saturated heterocycles. The SMILES string of the molecule is CC(C)(C)OC(=O)n1ncc2cc(SC#N)ccc21. The van der Waals surface area contributed by atoms with E-state index < -0.39 is 11.7 Å². The van der Waals surface area contributed by atoms with Gasteiger partial charge in [-0.05, 0) is 50.7 Å². The number of thioether (sulfide) groups is 1. The first-order valence-corrected chi connectivity index (χ1v) is 6.49. The summed E-state index contributed by atoms with van der Waals surface area (Å²) in [7, 11) is 0. The van der Waals surface area contributed by atoms with Gasteiger partial charge in [-0.3, -0.25) is 0 Å². The maximum Gasteiger partial charge on any atom is 0.435 e. The van der Waals surface area contributed by atoms with Gasteiger partial charge in [0.1, 0.15) is 11.0 Å². The highest BCUT2D eigenvalue weighted by Crippen LogP contribution is 2.23. The van der Waals surface area contributed by atoms with Crippen LogP contribution in [0.2, 0.25) is 0 Å². The maximum absolute atomic E-state index is 12.0. The van der Waals surface area contributed by atoms with Gasteiger partial charge in [0.2, 0.25) is 0 Å². The number of benzene rings is 1. The van der Waals surface area contributed by atoms with Crippen LogP contribution in [0, 0.1) is 10.7 Å². The molecular formula is C13H13N3O2S. The summed E-state index contributed by atoms with van der Waals surface area (Å²) in [5.41, 5.74) is 0.0999. The molecule has 19 heavy (non-hydrogen) atoms. The average Bonchev–Trinajstić information content (AvgIpc) is 2.70. The van der Waals surface area contributed by atoms with Crippen LogP contribution in [0.1, 0.15) is 20.8 Å². The van der Waals surface area contributed by atoms with Crippen LogP contribution in [-0.4, -0.2) is 21.5 Å². The molecule has 6 heteroatoms. The van der Waals surface area contributed by atoms with Crippen molar-refractivity contribution < 1.29 is 9.53 Å². The van der Waals surface area contributed by atoms with E-state index in [1.54, 1.807) is 39.1 Å². The third-order valence-electron chi connectivity index (χ3n) is 2.27. The molecule has 0 fully saturated rings. The Bertz CT molecular complexity index is 665. The number of hydrogen-bond donors (Lipinski definition) is 0. The van der Waals surface area contributed by atoms with Crippen molar-refractivity contribution in [2.24, 2.45) is 0 Å². The standard InChI is InChI=1S/C13H13N3O2S/c1-13(2,3)18-12(17)16-11-5-4-10(19-8-14)6-9(11)7-15-16/h4-7H,1-3H3. The molecule has 0 spiro atoms. The largest absolute Gasteiger partial charge is 0.442 e. The highest BCUT2D eigenvalue weighted by molar-refractivity contribution is 8.03. The van der Waals surface area contributed by atoms with Crippen LogP contribution in [0.3, 0.4) is 0 Å². The molecule has 1 aromatic carbocycles. The Labute approximate surface area is 115 Å². The number of aromatic nitrogens is 2. The summed E-state index contributed by atoms with van der Waals surface area (Å²) in [5.74, 6) is 0. The normalized spacial score (nSPS) is 11.3. The number of nitriles is 1. The topological polar surface area (TPSA) is 67.9 Å². The number of carbonyl (C=O) groups is 1. The third-order valence-corrected chi connectivity index (χ3v) is 2.85. The summed E-state index contributed by atoms with van der Waals surface area (Å²) in [6.45, 7) is 5.41. The van der Waals surface area contributed by atoms with E-state index in [0.717, 1.165) is 22.0 Å². The fourth-order valence-corrected chi connectivity index (χ4v) is 2.01. The zero-order chi connectivity index (χ0) is 14.0. The lowest BCUT2D eigenvalue weighted by Gasteiger charge is -2.19. The predicted octanol–water partition coefficient (Wildman–Crippen LogP) is 3.39. The van der Waals surface area contributed by atoms with Crippen molar-refractivity contribution >= 4 is 28.8 Å². The summed E-state index contributed by atoms with van der Waals surface area (Å²) in [6, 6.07) is 5.35. The van der Waals surface area contributed by atoms with E-state index in [1.807, 2.05) is 11.5 Å². The molecule has 0 saturated carbocycles. The van der Waals surface area contributed by atoms with E-state index in [1.165, 1.54) is 4.68 Å². The fraction of sp³-hybridized carbons (Fsp3) is 0.308. The number of hydrogen-bond acceptors (Lipinski definition) is 5. The number of carbonyl (C=O) groups excluding carboxylic acids is 1. The van der Waals surface area contributed by atoms with Crippen LogP contribution >= 0.6 is 11.8 Å². The second-order valence-electron chi connectivity index (χ2n) is 4.95. The lowest BCUT2D eigenvalue weighted by Crippen LogP contribution is -2.27. The number of thiocyanates is 1. The Kier molecular flexibility index (Phi) is 3.49. The maximum atomic E-state index is 12.0. The summed E-state index contributed by atoms with van der Waals surface area (Å²) in [6.07, 6.45) is 1.07. The lowest BCUT2D eigenvalue weighted by molar-refractivity contribution is 0.0523. The molecule has 98 valence electrons. The average molecular weight is 275 g/mol. The zero-order valence-corrected chi connectivity index (χ0v) is 11.7. The highest BCUT2D eigenvalue weighted by atomic mass is 32.2. The molecule has 1 aromatic heterocycles. The molecule has 2 aromatic rings. The second-order valence-corrected chi connectivity index (χ2v) is 5.81. The molecule has 2 rings (SSSR count). The molecule has 0 bridgehead atoms. The van der Waals surface area contributed by atoms with Crippen molar-refractivity contribution in [3.05, 3.63) is 24.4 Å². The Hall–Kier alpha value is -2.00. The van der Waals surface area contributed by atoms with Gasteiger partial charge >= 0.3 is 6.09 Å². The Morgan fingerprint density at radius 2 is 2.21 bits per heavy atom. The van der Waals surface area contributed by atoms with Crippen molar-refractivity contribution in [3.63, 3.8) is 0 Å². The van der Waals surface area contributed by atoms with Gasteiger partial charge in [0.25, 0.3) is 0 Å². The molecular weight excluding hydrogens is 262 g/mol. The van der Waals surface area contributed by atoms with Crippen LogP contribution in [0.15, 0.2) is 29.3 Å². The molecule has 0 aliphatic rings. The molecule has 0 aliphatic heterocycles. The molecule has 0 N–H and O–H groups in total. The number of rotatable bonds is 1. The molecule has 0 amide bonds. The van der Waals surface area contributed by atoms with E-state index >= 15 is 0 Å². The van der Waals surface area contributed by atoms with Crippen LogP contribution in [0.4, 0.5) is 4.79 Å². The van der Waals surface area contributed by atoms with Gasteiger partial charge in [-0.25, -0.2) is 4.79 Å². The van der Waals surface area contributed by atoms with Gasteiger partial charge < -0.3 is 4.74 Å². The van der Waals surface area contributed by atoms with E-state index in [0.29, 0.717) is 5.52 Å². The van der Waals surface area contributed by atoms with Gasteiger partial charge in [0, 0.05) is 10.3 Å². The number of fused-ring (bicyclic) bond motifs is 1. The van der Waals surface area contributed by atoms with Crippen molar-refractivity contribution in [2.75, 3.05) is 0 Å². The minimum atomic E-state index is -0.564. The van der Waals surface area contributed by atoms with Crippen molar-refractivity contribution in [3.8, 4) is 5.40 Å². The fourth-order valence-electron chi connectivity index (χ4n) is 1.58. The summed E-state index contributed by atoms with van der Waals surface area (Å²) in [4.78, 5) is 12.8. The smallest absolute Gasteiger partial charge is 0.435 e. The van der Waals surface area contributed by atoms with Crippen LogP contribution in [0.5, 0.6) is 0 Å². The summed E-state index contributed by atoms with van der Waals surface area (Å²) < 4.78 is 6.50. The van der Waals surface area contributed by atoms with Gasteiger partial charge in [-0.2, -0.15) is 15.0 Å². The summed E-state index contributed by atoms with van der Waals surface area (Å²) in [5, 5.41) is 15.5. The first-order valence-electron chi connectivity index (χ1n) is 5.68. The molecule has 0 radical (unpaired) electrons. The number of nitrogens with zero attached hydrogens (tertiary/aromatic N) is 3. The first-order chi connectivity index (χ1) is 8.90. The van der Waals surface area contributed by atoms with Crippen LogP contribution in [-0.2, 0) is 4.74 Å². The van der Waals surface area contributed by atoms with E-state index in [-0.39, 0.29) is 0 Å².